The molecule has 0 aliphatic rings. The lowest BCUT2D eigenvalue weighted by Crippen LogP contribution is -2.13. The van der Waals surface area contributed by atoms with E-state index in [1.807, 2.05) is 22.7 Å². The smallest absolute Gasteiger partial charge is 0.137 e. The van der Waals surface area contributed by atoms with Gasteiger partial charge in [0.15, 0.2) is 0 Å². The Morgan fingerprint density at radius 3 is 0.926 bits per heavy atom. The zero-order valence-corrected chi connectivity index (χ0v) is 88.7. The van der Waals surface area contributed by atoms with E-state index in [1.54, 1.807) is 0 Å². The van der Waals surface area contributed by atoms with E-state index in [4.69, 9.17) is 9.15 Å². The average Bonchev–Trinajstić information content (AvgIpc) is 1.58. The Morgan fingerprint density at radius 2 is 0.500 bits per heavy atom. The minimum absolute atomic E-state index is 0.744. The van der Waals surface area contributed by atoms with E-state index < -0.39 is 0 Å². The number of furan rings is 1. The van der Waals surface area contributed by atoms with Gasteiger partial charge in [-0.3, -0.25) is 0 Å². The van der Waals surface area contributed by atoms with Crippen LogP contribution < -0.4 is 34.1 Å². The molecule has 0 saturated heterocycles. The molecule has 0 fully saturated rings. The van der Waals surface area contributed by atoms with E-state index in [2.05, 4.69) is 525 Å². The summed E-state index contributed by atoms with van der Waals surface area (Å²) in [6, 6.07) is 153. The molecule has 0 aliphatic carbocycles. The standard InChI is InChI=1S/C74H69N3OS2.C64H59N3O/c1-6-9-12-53-18-29-59(30-19-53)75(57-25-14-51(4)15-26-57)62-35-37-63(38-36-62)77(64-39-43-68-67-42-20-54(13-10-7-2)47-72(67)80-73(68)48-64)61-33-23-56(24-34-61)55-21-31-60(32-22-55)76(58-27-16-52(5)17-28-58)65-40-44-69-70-50-66(78-46-11-8-3)41-45-71(70)79-74(69)49-65;1-8-9-10-49-18-36-59-60-37-35-58(42-64(60)68-63(59)41-49)65(53-31-33-57(34-32-53)67(55-25-14-44(3)15-26-55)62-40-46(5)11-17-47(62)6)52-27-19-50(20-28-52)51-21-29-56(30-22-51)66(54-23-12-43(2)13-24-54)61-38-16-45(4)39-48(61)7/h14-45,47-50H,6-13,46H2,1-5H3;11-42H,8-10H2,1-7H3. The van der Waals surface area contributed by atoms with Gasteiger partial charge in [-0.2, -0.15) is 0 Å². The maximum absolute atomic E-state index is 6.65. The second-order valence-corrected chi connectivity index (χ2v) is 42.2. The van der Waals surface area contributed by atoms with Crippen LogP contribution in [0.25, 0.3) is 84.5 Å². The van der Waals surface area contributed by atoms with Crippen LogP contribution in [0.5, 0.6) is 5.75 Å². The predicted octanol–water partition coefficient (Wildman–Crippen LogP) is 41.8. The maximum atomic E-state index is 6.65. The van der Waals surface area contributed by atoms with Gasteiger partial charge in [0.2, 0.25) is 0 Å². The molecule has 0 N–H and O–H groups in total. The van der Waals surface area contributed by atoms with E-state index in [0.717, 1.165) is 180 Å². The Bertz CT molecular complexity index is 8400. The van der Waals surface area contributed by atoms with Crippen molar-refractivity contribution in [2.24, 2.45) is 0 Å². The Kier molecular flexibility index (Phi) is 29.2. The highest BCUT2D eigenvalue weighted by atomic mass is 32.1. The normalized spacial score (nSPS) is 11.4. The summed E-state index contributed by atoms with van der Waals surface area (Å²) in [7, 11) is 0. The number of unbranched alkanes of at least 4 members (excludes halogenated alkanes) is 4. The second kappa shape index (κ2) is 44.1. The minimum atomic E-state index is 0.744. The molecule has 8 nitrogen and oxygen atoms in total. The van der Waals surface area contributed by atoms with Gasteiger partial charge in [0.05, 0.1) is 6.61 Å². The van der Waals surface area contributed by atoms with Crippen molar-refractivity contribution in [3.63, 3.8) is 0 Å². The van der Waals surface area contributed by atoms with Crippen LogP contribution in [0.2, 0.25) is 0 Å². The number of fused-ring (bicyclic) bond motifs is 9. The lowest BCUT2D eigenvalue weighted by Gasteiger charge is -2.29. The highest BCUT2D eigenvalue weighted by molar-refractivity contribution is 7.26. The monoisotopic (exact) mass is 1960 g/mol. The van der Waals surface area contributed by atoms with Crippen molar-refractivity contribution < 1.29 is 9.15 Å². The van der Waals surface area contributed by atoms with Crippen molar-refractivity contribution in [2.75, 3.05) is 36.0 Å². The van der Waals surface area contributed by atoms with Gasteiger partial charge in [-0.15, -0.1) is 22.7 Å². The van der Waals surface area contributed by atoms with Crippen molar-refractivity contribution in [3.8, 4) is 28.0 Å². The molecule has 22 rings (SSSR count). The average molecular weight is 1970 g/mol. The van der Waals surface area contributed by atoms with E-state index in [9.17, 15) is 0 Å². The first-order chi connectivity index (χ1) is 72.4. The summed E-state index contributed by atoms with van der Waals surface area (Å²) in [6.45, 7) is 27.0. The van der Waals surface area contributed by atoms with Gasteiger partial charge in [-0.05, 0) is 393 Å². The minimum Gasteiger partial charge on any atom is -0.494 e. The molecule has 0 saturated carbocycles. The number of aryl methyl sites for hydroxylation is 11. The number of nitrogens with zero attached hydrogens (tertiary/aromatic N) is 6. The van der Waals surface area contributed by atoms with E-state index in [-0.39, 0.29) is 0 Å². The van der Waals surface area contributed by atoms with Crippen LogP contribution in [0, 0.1) is 55.4 Å². The molecule has 0 amide bonds. The highest BCUT2D eigenvalue weighted by Crippen LogP contribution is 2.50. The summed E-state index contributed by atoms with van der Waals surface area (Å²) in [4.78, 5) is 14.2. The fourth-order valence-corrected chi connectivity index (χ4v) is 22.9. The molecule has 3 aromatic heterocycles. The zero-order chi connectivity index (χ0) is 101. The van der Waals surface area contributed by atoms with Crippen molar-refractivity contribution in [1.82, 2.24) is 0 Å². The van der Waals surface area contributed by atoms with Gasteiger partial charge in [-0.25, -0.2) is 0 Å². The van der Waals surface area contributed by atoms with E-state index in [0.29, 0.717) is 0 Å². The molecule has 148 heavy (non-hydrogen) atoms. The van der Waals surface area contributed by atoms with Crippen molar-refractivity contribution in [3.05, 3.63) is 474 Å². The Balaban J connectivity index is 0.000000176. The summed E-state index contributed by atoms with van der Waals surface area (Å²) in [5.74, 6) is 0.940. The van der Waals surface area contributed by atoms with Crippen LogP contribution in [-0.4, -0.2) is 6.61 Å². The van der Waals surface area contributed by atoms with Gasteiger partial charge in [-0.1, -0.05) is 251 Å². The topological polar surface area (TPSA) is 41.8 Å². The van der Waals surface area contributed by atoms with E-state index >= 15 is 0 Å². The Hall–Kier alpha value is -16.0. The Morgan fingerprint density at radius 1 is 0.203 bits per heavy atom. The molecule has 0 bridgehead atoms. The molecule has 734 valence electrons. The number of anilines is 18. The molecule has 0 unspecified atom stereocenters. The van der Waals surface area contributed by atoms with Gasteiger partial charge >= 0.3 is 0 Å². The summed E-state index contributed by atoms with van der Waals surface area (Å²) in [6.07, 6.45) is 12.6. The Labute approximate surface area is 881 Å². The predicted molar refractivity (Wildman–Crippen MR) is 639 cm³/mol. The second-order valence-electron chi connectivity index (χ2n) is 40.0. The number of hydrogen-bond donors (Lipinski definition) is 0. The lowest BCUT2D eigenvalue weighted by atomic mass is 10.0. The fourth-order valence-electron chi connectivity index (χ4n) is 20.6. The van der Waals surface area contributed by atoms with Crippen LogP contribution in [0.3, 0.4) is 0 Å². The van der Waals surface area contributed by atoms with Crippen molar-refractivity contribution >= 4 is 187 Å². The van der Waals surface area contributed by atoms with Crippen LogP contribution >= 0.6 is 22.7 Å². The van der Waals surface area contributed by atoms with Crippen LogP contribution in [-0.2, 0) is 19.3 Å². The molecule has 0 spiro atoms. The first-order valence-electron chi connectivity index (χ1n) is 52.8. The molecule has 0 aliphatic heterocycles. The fraction of sp³-hybridized carbons (Fsp3) is 0.174. The number of thiophene rings is 2. The third-order valence-corrected chi connectivity index (χ3v) is 31.2. The SMILES string of the molecule is CCCCOc1ccc2sc3cc(N(c4ccc(C)cc4)c4ccc(-c5ccc(N(c6ccc(N(c7ccc(C)cc7)c7ccc(CCCC)cc7)cc6)c6ccc7c(c6)sc6cc(CCCC)ccc67)cc5)cc4)ccc3c2c1.CCCCc1ccc2c(c1)oc1cc(N(c3ccc(-c4ccc(N(c5ccc(C)cc5)c5ccc(C)cc5C)cc4)cc3)c3ccc(N(c4ccc(C)cc4)c4cc(C)ccc4C)cc3)ccc12. The van der Waals surface area contributed by atoms with Crippen molar-refractivity contribution in [1.29, 1.82) is 0 Å². The maximum Gasteiger partial charge on any atom is 0.137 e. The number of rotatable bonds is 33. The first-order valence-corrected chi connectivity index (χ1v) is 54.5. The quantitative estimate of drug-likeness (QED) is 0.0377. The molecule has 0 radical (unpaired) electrons. The highest BCUT2D eigenvalue weighted by Gasteiger charge is 2.26. The molecule has 0 atom stereocenters. The molecular formula is C138H128N6O2S2. The van der Waals surface area contributed by atoms with Gasteiger partial charge < -0.3 is 38.6 Å². The van der Waals surface area contributed by atoms with Crippen LogP contribution in [0.4, 0.5) is 102 Å². The molecule has 19 aromatic carbocycles. The van der Waals surface area contributed by atoms with Gasteiger partial charge in [0.1, 0.15) is 16.9 Å². The number of ether oxygens (including phenoxy) is 1. The summed E-state index contributed by atoms with van der Waals surface area (Å²) in [5, 5.41) is 7.42. The molecule has 22 aromatic rings. The van der Waals surface area contributed by atoms with Gasteiger partial charge in [0.25, 0.3) is 0 Å². The third-order valence-electron chi connectivity index (χ3n) is 28.9. The van der Waals surface area contributed by atoms with Crippen molar-refractivity contribution in [2.45, 2.75) is 154 Å². The third kappa shape index (κ3) is 21.3. The van der Waals surface area contributed by atoms with E-state index in [1.165, 1.54) is 151 Å². The molecule has 10 heteroatoms. The summed E-state index contributed by atoms with van der Waals surface area (Å²) >= 11 is 3.74. The largest absolute Gasteiger partial charge is 0.494 e. The number of benzene rings is 19. The summed E-state index contributed by atoms with van der Waals surface area (Å²) in [5.41, 5.74) is 40.5. The van der Waals surface area contributed by atoms with Crippen LogP contribution in [0.1, 0.15) is 140 Å². The zero-order valence-electron chi connectivity index (χ0n) is 87.1. The molecule has 3 heterocycles. The first kappa shape index (κ1) is 98.1. The lowest BCUT2D eigenvalue weighted by molar-refractivity contribution is 0.310. The van der Waals surface area contributed by atoms with Crippen LogP contribution in [0.15, 0.2) is 417 Å². The molecular weight excluding hydrogens is 1840 g/mol. The summed E-state index contributed by atoms with van der Waals surface area (Å²) < 4.78 is 18.0. The van der Waals surface area contributed by atoms with Gasteiger partial charge in [0, 0.05) is 160 Å². The number of hydrogen-bond acceptors (Lipinski definition) is 10.